The van der Waals surface area contributed by atoms with Crippen molar-refractivity contribution >= 4 is 35.0 Å². The third-order valence-corrected chi connectivity index (χ3v) is 8.89. The molecule has 1 saturated carbocycles. The van der Waals surface area contributed by atoms with E-state index in [1.165, 1.54) is 25.1 Å². The highest BCUT2D eigenvalue weighted by molar-refractivity contribution is 8.00. The second kappa shape index (κ2) is 8.87. The molecular weight excluding hydrogens is 500 g/mol. The van der Waals surface area contributed by atoms with Crippen molar-refractivity contribution in [3.05, 3.63) is 46.2 Å². The van der Waals surface area contributed by atoms with E-state index in [4.69, 9.17) is 5.73 Å². The molecule has 0 saturated heterocycles. The molecule has 200 valence electrons. The molecule has 0 aliphatic heterocycles. The molecule has 11 heteroatoms. The van der Waals surface area contributed by atoms with Crippen molar-refractivity contribution in [2.45, 2.75) is 49.2 Å². The number of ketones is 2. The average molecular weight is 533 g/mol. The zero-order valence-electron chi connectivity index (χ0n) is 21.2. The van der Waals surface area contributed by atoms with Crippen molar-refractivity contribution in [1.29, 1.82) is 0 Å². The minimum Gasteiger partial charge on any atom is -0.508 e. The fraction of sp³-hybridized carbons (Fsp3) is 0.500. The van der Waals surface area contributed by atoms with Gasteiger partial charge in [-0.2, -0.15) is 11.8 Å². The van der Waals surface area contributed by atoms with Gasteiger partial charge < -0.3 is 31.3 Å². The van der Waals surface area contributed by atoms with E-state index in [2.05, 4.69) is 0 Å². The number of thioether (sulfide) groups is 1. The molecule has 1 aromatic carbocycles. The normalized spacial score (nSPS) is 31.8. The van der Waals surface area contributed by atoms with Gasteiger partial charge in [0.15, 0.2) is 11.4 Å². The largest absolute Gasteiger partial charge is 0.508 e. The number of primary amides is 1. The predicted octanol–water partition coefficient (Wildman–Crippen LogP) is 1.01. The summed E-state index contributed by atoms with van der Waals surface area (Å²) in [5.74, 6) is -8.53. The molecule has 6 atom stereocenters. The van der Waals surface area contributed by atoms with Crippen LogP contribution < -0.4 is 5.73 Å². The first-order valence-corrected chi connectivity index (χ1v) is 12.8. The van der Waals surface area contributed by atoms with Gasteiger partial charge in [0.05, 0.1) is 23.6 Å². The number of benzene rings is 1. The number of aliphatic hydroxyl groups is 4. The van der Waals surface area contributed by atoms with Crippen LogP contribution in [0.4, 0.5) is 0 Å². The van der Waals surface area contributed by atoms with Crippen LogP contribution in [0.1, 0.15) is 37.8 Å². The molecule has 1 fully saturated rings. The Hall–Kier alpha value is -2.86. The number of aliphatic hydroxyl groups excluding tert-OH is 3. The second-order valence-electron chi connectivity index (χ2n) is 11.0. The van der Waals surface area contributed by atoms with Crippen LogP contribution in [0.2, 0.25) is 0 Å². The summed E-state index contributed by atoms with van der Waals surface area (Å²) in [6.45, 7) is 5.99. The van der Waals surface area contributed by atoms with E-state index in [-0.39, 0.29) is 21.6 Å². The number of hydrogen-bond acceptors (Lipinski definition) is 10. The summed E-state index contributed by atoms with van der Waals surface area (Å²) in [4.78, 5) is 40.8. The lowest BCUT2D eigenvalue weighted by molar-refractivity contribution is -0.169. The molecule has 0 bridgehead atoms. The Morgan fingerprint density at radius 2 is 1.78 bits per heavy atom. The summed E-state index contributed by atoms with van der Waals surface area (Å²) in [6, 6.07) is 3.24. The minimum atomic E-state index is -2.92. The minimum absolute atomic E-state index is 0.00880. The summed E-state index contributed by atoms with van der Waals surface area (Å²) in [5, 5.41) is 56.4. The van der Waals surface area contributed by atoms with Gasteiger partial charge in [0, 0.05) is 27.9 Å². The molecule has 3 unspecified atom stereocenters. The third kappa shape index (κ3) is 3.87. The SMILES string of the molecule is CN(C)[C@@H]1C(=O)C(C(N)=O)=C(O)[C@@]2(O)C(=O)C3=C(O)c4c(O)cccc4[C@H](CSC(C)(C)C)C3C(O)C12. The highest BCUT2D eigenvalue weighted by Gasteiger charge is 2.68. The van der Waals surface area contributed by atoms with Gasteiger partial charge >= 0.3 is 0 Å². The molecule has 1 amide bonds. The zero-order chi connectivity index (χ0) is 27.8. The molecule has 0 heterocycles. The fourth-order valence-corrected chi connectivity index (χ4v) is 7.00. The van der Waals surface area contributed by atoms with Crippen LogP contribution in [-0.2, 0) is 14.4 Å². The van der Waals surface area contributed by atoms with Gasteiger partial charge in [0.2, 0.25) is 5.78 Å². The number of carbonyl (C=O) groups is 3. The Kier molecular flexibility index (Phi) is 6.51. The van der Waals surface area contributed by atoms with Crippen molar-refractivity contribution in [2.75, 3.05) is 19.8 Å². The van der Waals surface area contributed by atoms with Crippen molar-refractivity contribution < 1.29 is 39.9 Å². The number of phenols is 1. The molecule has 10 nitrogen and oxygen atoms in total. The summed E-state index contributed by atoms with van der Waals surface area (Å²) < 4.78 is -0.213. The Morgan fingerprint density at radius 3 is 2.32 bits per heavy atom. The monoisotopic (exact) mass is 532 g/mol. The van der Waals surface area contributed by atoms with Crippen LogP contribution in [0.3, 0.4) is 0 Å². The molecule has 3 aliphatic carbocycles. The lowest BCUT2D eigenvalue weighted by Crippen LogP contribution is -2.70. The number of rotatable bonds is 4. The molecular formula is C26H32N2O8S. The number of hydrogen-bond donors (Lipinski definition) is 6. The fourth-order valence-electron chi connectivity index (χ4n) is 5.93. The van der Waals surface area contributed by atoms with E-state index in [9.17, 15) is 39.9 Å². The van der Waals surface area contributed by atoms with E-state index in [0.717, 1.165) is 0 Å². The lowest BCUT2D eigenvalue weighted by atomic mass is 9.54. The molecule has 7 N–H and O–H groups in total. The maximum Gasteiger partial charge on any atom is 0.255 e. The summed E-state index contributed by atoms with van der Waals surface area (Å²) in [5.41, 5.74) is 1.59. The summed E-state index contributed by atoms with van der Waals surface area (Å²) >= 11 is 1.54. The molecule has 0 radical (unpaired) electrons. The van der Waals surface area contributed by atoms with Gasteiger partial charge in [0.25, 0.3) is 5.91 Å². The maximum absolute atomic E-state index is 14.0. The van der Waals surface area contributed by atoms with Crippen molar-refractivity contribution in [2.24, 2.45) is 17.6 Å². The quantitative estimate of drug-likeness (QED) is 0.306. The smallest absolute Gasteiger partial charge is 0.255 e. The number of nitrogens with two attached hydrogens (primary N) is 1. The first-order valence-electron chi connectivity index (χ1n) is 11.8. The second-order valence-corrected chi connectivity index (χ2v) is 12.9. The highest BCUT2D eigenvalue weighted by Crippen LogP contribution is 2.57. The van der Waals surface area contributed by atoms with E-state index in [1.807, 2.05) is 20.8 Å². The van der Waals surface area contributed by atoms with Gasteiger partial charge in [-0.3, -0.25) is 19.3 Å². The van der Waals surface area contributed by atoms with Gasteiger partial charge in [-0.25, -0.2) is 0 Å². The highest BCUT2D eigenvalue weighted by atomic mass is 32.2. The lowest BCUT2D eigenvalue weighted by Gasteiger charge is -2.54. The van der Waals surface area contributed by atoms with E-state index in [0.29, 0.717) is 11.3 Å². The van der Waals surface area contributed by atoms with Crippen LogP contribution >= 0.6 is 11.8 Å². The molecule has 4 rings (SSSR count). The standard InChI is InChI=1S/C26H32N2O8S/c1-25(2,3)37-9-11-10-7-6-8-12(29)13(10)19(30)15-14(11)20(31)17-18(28(4)5)21(32)16(24(27)35)23(34)26(17,36)22(15)33/h6-8,11,14,17-18,20,29-31,34,36H,9H2,1-5H3,(H2,27,35)/t11-,14?,17?,18-,20?,26-/m0/s1. The number of aromatic hydroxyl groups is 1. The zero-order valence-corrected chi connectivity index (χ0v) is 22.0. The number of nitrogens with zero attached hydrogens (tertiary/aromatic N) is 1. The van der Waals surface area contributed by atoms with Crippen LogP contribution in [-0.4, -0.2) is 90.2 Å². The number of carbonyl (C=O) groups excluding carboxylic acids is 3. The number of Topliss-reactive ketones (excluding diaryl/α,β-unsaturated/α-hetero) is 2. The van der Waals surface area contributed by atoms with Crippen molar-refractivity contribution in [3.8, 4) is 5.75 Å². The number of amides is 1. The van der Waals surface area contributed by atoms with E-state index < -0.39 is 70.1 Å². The number of likely N-dealkylation sites (N-methyl/N-ethyl adjacent to an activating group) is 1. The van der Waals surface area contributed by atoms with Crippen LogP contribution in [0.15, 0.2) is 35.1 Å². The van der Waals surface area contributed by atoms with Gasteiger partial charge in [-0.05, 0) is 25.7 Å². The Labute approximate surface area is 218 Å². The van der Waals surface area contributed by atoms with Crippen LogP contribution in [0.5, 0.6) is 5.75 Å². The number of fused-ring (bicyclic) bond motifs is 3. The van der Waals surface area contributed by atoms with Crippen molar-refractivity contribution in [3.63, 3.8) is 0 Å². The first kappa shape index (κ1) is 27.2. The van der Waals surface area contributed by atoms with Gasteiger partial charge in [0.1, 0.15) is 22.8 Å². The molecule has 37 heavy (non-hydrogen) atoms. The van der Waals surface area contributed by atoms with Gasteiger partial charge in [-0.1, -0.05) is 32.9 Å². The maximum atomic E-state index is 14.0. The first-order chi connectivity index (χ1) is 17.1. The Morgan fingerprint density at radius 1 is 1.16 bits per heavy atom. The van der Waals surface area contributed by atoms with E-state index in [1.54, 1.807) is 23.9 Å². The molecule has 3 aliphatic rings. The topological polar surface area (TPSA) is 182 Å². The van der Waals surface area contributed by atoms with Crippen LogP contribution in [0, 0.1) is 11.8 Å². The average Bonchev–Trinajstić information content (AvgIpc) is 2.77. The third-order valence-electron chi connectivity index (χ3n) is 7.49. The molecule has 0 aromatic heterocycles. The van der Waals surface area contributed by atoms with Crippen molar-refractivity contribution in [1.82, 2.24) is 4.90 Å². The predicted molar refractivity (Wildman–Crippen MR) is 137 cm³/mol. The molecule has 1 aromatic rings. The van der Waals surface area contributed by atoms with Gasteiger partial charge in [-0.15, -0.1) is 0 Å². The summed E-state index contributed by atoms with van der Waals surface area (Å²) in [7, 11) is 2.95. The molecule has 0 spiro atoms. The Bertz CT molecular complexity index is 1260. The van der Waals surface area contributed by atoms with Crippen LogP contribution in [0.25, 0.3) is 5.76 Å². The Balaban J connectivity index is 2.03. The summed E-state index contributed by atoms with van der Waals surface area (Å²) in [6.07, 6.45) is -1.62. The van der Waals surface area contributed by atoms with E-state index >= 15 is 0 Å². The number of phenolic OH excluding ortho intramolecular Hbond substituents is 1.